The molecule has 0 aliphatic carbocycles. The highest BCUT2D eigenvalue weighted by Crippen LogP contribution is 2.24. The van der Waals surface area contributed by atoms with E-state index >= 15 is 0 Å². The minimum Gasteiger partial charge on any atom is -0.484 e. The van der Waals surface area contributed by atoms with Gasteiger partial charge in [-0.25, -0.2) is 0 Å². The Hall–Kier alpha value is -3.67. The maximum atomic E-state index is 13.0. The fourth-order valence-corrected chi connectivity index (χ4v) is 3.10. The lowest BCUT2D eigenvalue weighted by Gasteiger charge is -2.23. The third kappa shape index (κ3) is 5.42. The molecule has 3 rings (SSSR count). The van der Waals surface area contributed by atoms with Crippen molar-refractivity contribution in [3.63, 3.8) is 0 Å². The summed E-state index contributed by atoms with van der Waals surface area (Å²) in [6.07, 6.45) is 0. The van der Waals surface area contributed by atoms with Crippen molar-refractivity contribution >= 4 is 17.3 Å². The number of non-ortho nitro benzene ring substituents is 1. The second kappa shape index (κ2) is 9.01. The van der Waals surface area contributed by atoms with Crippen molar-refractivity contribution < 1.29 is 14.5 Å². The third-order valence-electron chi connectivity index (χ3n) is 4.39. The summed E-state index contributed by atoms with van der Waals surface area (Å²) in [5.41, 5.74) is 3.40. The number of amides is 1. The van der Waals surface area contributed by atoms with E-state index in [2.05, 4.69) is 0 Å². The van der Waals surface area contributed by atoms with Gasteiger partial charge in [-0.2, -0.15) is 0 Å². The number of nitro groups is 1. The normalized spacial score (nSPS) is 10.4. The summed E-state index contributed by atoms with van der Waals surface area (Å²) in [7, 11) is 0. The first-order valence-electron chi connectivity index (χ1n) is 9.22. The predicted molar refractivity (Wildman–Crippen MR) is 112 cm³/mol. The zero-order valence-electron chi connectivity index (χ0n) is 16.4. The maximum Gasteiger partial charge on any atom is 0.271 e. The molecule has 0 bridgehead atoms. The topological polar surface area (TPSA) is 72.7 Å². The van der Waals surface area contributed by atoms with E-state index < -0.39 is 4.92 Å². The molecule has 0 saturated heterocycles. The van der Waals surface area contributed by atoms with E-state index in [-0.39, 0.29) is 24.7 Å². The molecule has 0 spiro atoms. The number of anilines is 1. The van der Waals surface area contributed by atoms with Crippen LogP contribution in [0.15, 0.2) is 72.8 Å². The first-order valence-corrected chi connectivity index (χ1v) is 9.22. The van der Waals surface area contributed by atoms with Crippen LogP contribution in [0.5, 0.6) is 5.75 Å². The van der Waals surface area contributed by atoms with Gasteiger partial charge in [-0.15, -0.1) is 0 Å². The summed E-state index contributed by atoms with van der Waals surface area (Å²) >= 11 is 0. The number of carbonyl (C=O) groups excluding carboxylic acids is 1. The van der Waals surface area contributed by atoms with Gasteiger partial charge in [-0.1, -0.05) is 42.5 Å². The maximum absolute atomic E-state index is 13.0. The molecule has 29 heavy (non-hydrogen) atoms. The molecule has 0 aliphatic heterocycles. The number of rotatable bonds is 7. The molecule has 0 heterocycles. The molecular formula is C23H22N2O4. The molecule has 0 atom stereocenters. The predicted octanol–water partition coefficient (Wildman–Crippen LogP) is 4.82. The summed E-state index contributed by atoms with van der Waals surface area (Å²) in [5.74, 6) is 0.336. The van der Waals surface area contributed by atoms with Crippen LogP contribution >= 0.6 is 0 Å². The molecule has 0 radical (unpaired) electrons. The summed E-state index contributed by atoms with van der Waals surface area (Å²) in [5, 5.41) is 11.2. The van der Waals surface area contributed by atoms with Gasteiger partial charge < -0.3 is 9.64 Å². The Kier molecular flexibility index (Phi) is 6.24. The van der Waals surface area contributed by atoms with Crippen molar-refractivity contribution in [3.05, 3.63) is 99.6 Å². The lowest BCUT2D eigenvalue weighted by Crippen LogP contribution is -2.34. The Bertz CT molecular complexity index is 998. The molecule has 1 amide bonds. The molecule has 148 valence electrons. The molecule has 6 nitrogen and oxygen atoms in total. The lowest BCUT2D eigenvalue weighted by atomic mass is 10.1. The zero-order valence-corrected chi connectivity index (χ0v) is 16.4. The molecule has 0 fully saturated rings. The molecular weight excluding hydrogens is 368 g/mol. The van der Waals surface area contributed by atoms with E-state index in [0.29, 0.717) is 11.4 Å². The Morgan fingerprint density at radius 2 is 1.66 bits per heavy atom. The number of hydrogen-bond donors (Lipinski definition) is 0. The van der Waals surface area contributed by atoms with E-state index in [1.165, 1.54) is 17.0 Å². The van der Waals surface area contributed by atoms with Crippen LogP contribution in [-0.2, 0) is 11.3 Å². The van der Waals surface area contributed by atoms with Crippen LogP contribution in [0.4, 0.5) is 11.4 Å². The summed E-state index contributed by atoms with van der Waals surface area (Å²) in [6.45, 7) is 4.05. The Morgan fingerprint density at radius 1 is 0.966 bits per heavy atom. The number of aryl methyl sites for hydroxylation is 2. The monoisotopic (exact) mass is 390 g/mol. The number of carbonyl (C=O) groups is 1. The van der Waals surface area contributed by atoms with Crippen molar-refractivity contribution in [1.29, 1.82) is 0 Å². The molecule has 0 saturated carbocycles. The molecule has 0 aliphatic rings. The van der Waals surface area contributed by atoms with Gasteiger partial charge in [0, 0.05) is 12.1 Å². The fraction of sp³-hybridized carbons (Fsp3) is 0.174. The molecule has 0 unspecified atom stereocenters. The van der Waals surface area contributed by atoms with Gasteiger partial charge in [0.15, 0.2) is 6.61 Å². The number of hydrogen-bond acceptors (Lipinski definition) is 4. The SMILES string of the molecule is Cc1cc(C)cc(OCC(=O)N(Cc2ccccc2)c2cccc([N+](=O)[O-])c2)c1. The van der Waals surface area contributed by atoms with E-state index in [9.17, 15) is 14.9 Å². The van der Waals surface area contributed by atoms with Gasteiger partial charge >= 0.3 is 0 Å². The highest BCUT2D eigenvalue weighted by Gasteiger charge is 2.19. The van der Waals surface area contributed by atoms with Crippen molar-refractivity contribution in [2.75, 3.05) is 11.5 Å². The van der Waals surface area contributed by atoms with Crippen LogP contribution in [0.1, 0.15) is 16.7 Å². The first kappa shape index (κ1) is 20.1. The van der Waals surface area contributed by atoms with Crippen molar-refractivity contribution in [2.45, 2.75) is 20.4 Å². The van der Waals surface area contributed by atoms with Crippen LogP contribution in [0.3, 0.4) is 0 Å². The summed E-state index contributed by atoms with van der Waals surface area (Å²) in [6, 6.07) is 21.3. The minimum absolute atomic E-state index is 0.0661. The standard InChI is InChI=1S/C23H22N2O4/c1-17-11-18(2)13-22(12-17)29-16-23(26)24(15-19-7-4-3-5-8-19)20-9-6-10-21(14-20)25(27)28/h3-14H,15-16H2,1-2H3. The average Bonchev–Trinajstić information content (AvgIpc) is 2.70. The van der Waals surface area contributed by atoms with E-state index in [1.54, 1.807) is 12.1 Å². The molecule has 0 N–H and O–H groups in total. The summed E-state index contributed by atoms with van der Waals surface area (Å²) < 4.78 is 5.72. The van der Waals surface area contributed by atoms with E-state index in [4.69, 9.17) is 4.74 Å². The van der Waals surface area contributed by atoms with Gasteiger partial charge in [-0.3, -0.25) is 14.9 Å². The third-order valence-corrected chi connectivity index (χ3v) is 4.39. The van der Waals surface area contributed by atoms with Crippen LogP contribution in [0.2, 0.25) is 0 Å². The highest BCUT2D eigenvalue weighted by atomic mass is 16.6. The van der Waals surface area contributed by atoms with Crippen molar-refractivity contribution in [1.82, 2.24) is 0 Å². The number of nitrogens with zero attached hydrogens (tertiary/aromatic N) is 2. The number of benzene rings is 3. The Morgan fingerprint density at radius 3 is 2.31 bits per heavy atom. The highest BCUT2D eigenvalue weighted by molar-refractivity contribution is 5.94. The quantitative estimate of drug-likeness (QED) is 0.428. The van der Waals surface area contributed by atoms with Crippen molar-refractivity contribution in [3.8, 4) is 5.75 Å². The van der Waals surface area contributed by atoms with E-state index in [1.807, 2.05) is 62.4 Å². The smallest absolute Gasteiger partial charge is 0.271 e. The molecule has 0 aromatic heterocycles. The van der Waals surface area contributed by atoms with Crippen LogP contribution in [-0.4, -0.2) is 17.4 Å². The first-order chi connectivity index (χ1) is 13.9. The molecule has 3 aromatic rings. The number of ether oxygens (including phenoxy) is 1. The lowest BCUT2D eigenvalue weighted by molar-refractivity contribution is -0.384. The van der Waals surface area contributed by atoms with Gasteiger partial charge in [0.1, 0.15) is 5.75 Å². The van der Waals surface area contributed by atoms with Crippen LogP contribution in [0.25, 0.3) is 0 Å². The Labute approximate surface area is 169 Å². The van der Waals surface area contributed by atoms with Gasteiger partial charge in [0.05, 0.1) is 17.2 Å². The van der Waals surface area contributed by atoms with Gasteiger partial charge in [0.2, 0.25) is 0 Å². The molecule has 6 heteroatoms. The van der Waals surface area contributed by atoms with Crippen LogP contribution in [0, 0.1) is 24.0 Å². The number of nitro benzene ring substituents is 1. The second-order valence-corrected chi connectivity index (χ2v) is 6.85. The largest absolute Gasteiger partial charge is 0.484 e. The molecule has 3 aromatic carbocycles. The second-order valence-electron chi connectivity index (χ2n) is 6.85. The van der Waals surface area contributed by atoms with E-state index in [0.717, 1.165) is 16.7 Å². The zero-order chi connectivity index (χ0) is 20.8. The fourth-order valence-electron chi connectivity index (χ4n) is 3.10. The summed E-state index contributed by atoms with van der Waals surface area (Å²) in [4.78, 5) is 25.2. The average molecular weight is 390 g/mol. The van der Waals surface area contributed by atoms with Gasteiger partial charge in [0.25, 0.3) is 11.6 Å². The van der Waals surface area contributed by atoms with Crippen molar-refractivity contribution in [2.24, 2.45) is 0 Å². The minimum atomic E-state index is -0.472. The van der Waals surface area contributed by atoms with Crippen LogP contribution < -0.4 is 9.64 Å². The Balaban J connectivity index is 1.84. The van der Waals surface area contributed by atoms with Gasteiger partial charge in [-0.05, 0) is 48.7 Å².